The third kappa shape index (κ3) is 5.42. The van der Waals surface area contributed by atoms with Crippen molar-refractivity contribution in [2.24, 2.45) is 0 Å². The highest BCUT2D eigenvalue weighted by atomic mass is 19.1. The van der Waals surface area contributed by atoms with Crippen molar-refractivity contribution in [1.82, 2.24) is 15.5 Å². The van der Waals surface area contributed by atoms with Crippen molar-refractivity contribution < 1.29 is 13.9 Å². The van der Waals surface area contributed by atoms with Crippen molar-refractivity contribution in [2.45, 2.75) is 50.9 Å². The lowest BCUT2D eigenvalue weighted by molar-refractivity contribution is 0.0862. The van der Waals surface area contributed by atoms with Gasteiger partial charge in [0.25, 0.3) is 0 Å². The maximum absolute atomic E-state index is 14.6. The first kappa shape index (κ1) is 19.1. The fraction of sp³-hybridized carbons (Fsp3) is 0.650. The highest BCUT2D eigenvalue weighted by Crippen LogP contribution is 2.28. The summed E-state index contributed by atoms with van der Waals surface area (Å²) in [5, 5.41) is 6.51. The Morgan fingerprint density at radius 1 is 1.23 bits per heavy atom. The molecule has 0 bridgehead atoms. The van der Waals surface area contributed by atoms with Crippen LogP contribution in [0, 0.1) is 0 Å². The van der Waals surface area contributed by atoms with Crippen LogP contribution in [0.25, 0.3) is 0 Å². The fourth-order valence-electron chi connectivity index (χ4n) is 3.63. The summed E-state index contributed by atoms with van der Waals surface area (Å²) < 4.78 is 20.1. The van der Waals surface area contributed by atoms with E-state index in [1.165, 1.54) is 0 Å². The Balaban J connectivity index is 1.43. The zero-order valence-electron chi connectivity index (χ0n) is 15.6. The van der Waals surface area contributed by atoms with Gasteiger partial charge in [-0.15, -0.1) is 0 Å². The van der Waals surface area contributed by atoms with Crippen LogP contribution in [0.1, 0.15) is 37.3 Å². The normalized spacial score (nSPS) is 22.8. The van der Waals surface area contributed by atoms with E-state index >= 15 is 0 Å². The number of carbonyl (C=O) groups excluding carboxylic acids is 1. The van der Waals surface area contributed by atoms with Crippen LogP contribution in [0.2, 0.25) is 0 Å². The summed E-state index contributed by atoms with van der Waals surface area (Å²) in [5.41, 5.74) is 1.06. The third-order valence-corrected chi connectivity index (χ3v) is 5.37. The second kappa shape index (κ2) is 8.82. The maximum atomic E-state index is 14.6. The van der Waals surface area contributed by atoms with E-state index in [0.717, 1.165) is 37.2 Å². The Morgan fingerprint density at radius 3 is 2.62 bits per heavy atom. The quantitative estimate of drug-likeness (QED) is 0.844. The van der Waals surface area contributed by atoms with Crippen molar-refractivity contribution in [3.63, 3.8) is 0 Å². The summed E-state index contributed by atoms with van der Waals surface area (Å²) in [6.07, 6.45) is 2.27. The van der Waals surface area contributed by atoms with Crippen LogP contribution in [0.15, 0.2) is 24.3 Å². The SMILES string of the molecule is CC1CN(C(=O)OCc2ccc(CCC3(F)CCNCC3)cc2)CCN1. The van der Waals surface area contributed by atoms with Gasteiger partial charge in [-0.1, -0.05) is 24.3 Å². The van der Waals surface area contributed by atoms with Gasteiger partial charge in [0.2, 0.25) is 0 Å². The Hall–Kier alpha value is -1.66. The Labute approximate surface area is 155 Å². The number of rotatable bonds is 5. The standard InChI is InChI=1S/C20H30FN3O2/c1-16-14-24(13-12-23-16)19(25)26-15-18-4-2-17(3-5-18)6-7-20(21)8-10-22-11-9-20/h2-5,16,22-23H,6-15H2,1H3. The number of piperazine rings is 1. The van der Waals surface area contributed by atoms with Crippen molar-refractivity contribution in [1.29, 1.82) is 0 Å². The second-order valence-corrected chi connectivity index (χ2v) is 7.57. The van der Waals surface area contributed by atoms with E-state index in [4.69, 9.17) is 4.74 Å². The van der Waals surface area contributed by atoms with Crippen LogP contribution in [-0.4, -0.2) is 55.4 Å². The Bertz CT molecular complexity index is 587. The number of nitrogens with zero attached hydrogens (tertiary/aromatic N) is 1. The zero-order valence-corrected chi connectivity index (χ0v) is 15.6. The molecule has 3 rings (SSSR count). The summed E-state index contributed by atoms with van der Waals surface area (Å²) in [7, 11) is 0. The molecule has 1 aromatic carbocycles. The molecule has 1 amide bonds. The highest BCUT2D eigenvalue weighted by molar-refractivity contribution is 5.67. The average molecular weight is 363 g/mol. The van der Waals surface area contributed by atoms with Crippen molar-refractivity contribution in [2.75, 3.05) is 32.7 Å². The minimum Gasteiger partial charge on any atom is -0.445 e. The molecule has 2 aliphatic heterocycles. The third-order valence-electron chi connectivity index (χ3n) is 5.37. The van der Waals surface area contributed by atoms with Gasteiger partial charge < -0.3 is 20.3 Å². The van der Waals surface area contributed by atoms with E-state index in [1.807, 2.05) is 24.3 Å². The first-order chi connectivity index (χ1) is 12.5. The number of carbonyl (C=O) groups is 1. The number of amides is 1. The first-order valence-corrected chi connectivity index (χ1v) is 9.67. The van der Waals surface area contributed by atoms with E-state index in [9.17, 15) is 9.18 Å². The van der Waals surface area contributed by atoms with Gasteiger partial charge >= 0.3 is 6.09 Å². The topological polar surface area (TPSA) is 53.6 Å². The van der Waals surface area contributed by atoms with Gasteiger partial charge in [-0.25, -0.2) is 9.18 Å². The molecule has 0 spiro atoms. The molecule has 2 heterocycles. The number of nitrogens with one attached hydrogen (secondary N) is 2. The molecule has 6 heteroatoms. The number of halogens is 1. The van der Waals surface area contributed by atoms with Gasteiger partial charge in [0.05, 0.1) is 0 Å². The van der Waals surface area contributed by atoms with Gasteiger partial charge in [0, 0.05) is 25.7 Å². The Kier molecular flexibility index (Phi) is 6.48. The summed E-state index contributed by atoms with van der Waals surface area (Å²) >= 11 is 0. The van der Waals surface area contributed by atoms with E-state index in [-0.39, 0.29) is 12.7 Å². The molecule has 0 aromatic heterocycles. The van der Waals surface area contributed by atoms with Crippen LogP contribution < -0.4 is 10.6 Å². The maximum Gasteiger partial charge on any atom is 0.410 e. The number of hydrogen-bond donors (Lipinski definition) is 2. The molecule has 2 N–H and O–H groups in total. The largest absolute Gasteiger partial charge is 0.445 e. The van der Waals surface area contributed by atoms with Crippen molar-refractivity contribution in [3.05, 3.63) is 35.4 Å². The van der Waals surface area contributed by atoms with Crippen LogP contribution >= 0.6 is 0 Å². The smallest absolute Gasteiger partial charge is 0.410 e. The molecule has 1 atom stereocenters. The Morgan fingerprint density at radius 2 is 1.92 bits per heavy atom. The molecule has 2 fully saturated rings. The lowest BCUT2D eigenvalue weighted by Gasteiger charge is -2.31. The minimum absolute atomic E-state index is 0.257. The molecule has 26 heavy (non-hydrogen) atoms. The van der Waals surface area contributed by atoms with Crippen molar-refractivity contribution in [3.8, 4) is 0 Å². The highest BCUT2D eigenvalue weighted by Gasteiger charge is 2.30. The second-order valence-electron chi connectivity index (χ2n) is 7.57. The summed E-state index contributed by atoms with van der Waals surface area (Å²) in [6.45, 7) is 6.04. The van der Waals surface area contributed by atoms with E-state index in [0.29, 0.717) is 38.4 Å². The lowest BCUT2D eigenvalue weighted by atomic mass is 9.88. The van der Waals surface area contributed by atoms with Gasteiger partial charge in [-0.3, -0.25) is 0 Å². The number of ether oxygens (including phenoxy) is 1. The molecular weight excluding hydrogens is 333 g/mol. The molecule has 2 saturated heterocycles. The molecule has 1 aromatic rings. The number of hydrogen-bond acceptors (Lipinski definition) is 4. The lowest BCUT2D eigenvalue weighted by Crippen LogP contribution is -2.51. The predicted octanol–water partition coefficient (Wildman–Crippen LogP) is 2.64. The minimum atomic E-state index is -1.03. The average Bonchev–Trinajstić information content (AvgIpc) is 2.66. The van der Waals surface area contributed by atoms with Crippen LogP contribution in [0.3, 0.4) is 0 Å². The summed E-state index contributed by atoms with van der Waals surface area (Å²) in [4.78, 5) is 13.9. The summed E-state index contributed by atoms with van der Waals surface area (Å²) in [5.74, 6) is 0. The van der Waals surface area contributed by atoms with Gasteiger partial charge in [-0.2, -0.15) is 0 Å². The molecule has 2 aliphatic rings. The monoisotopic (exact) mass is 363 g/mol. The summed E-state index contributed by atoms with van der Waals surface area (Å²) in [6, 6.07) is 8.27. The van der Waals surface area contributed by atoms with Gasteiger partial charge in [-0.05, 0) is 56.8 Å². The molecule has 0 aliphatic carbocycles. The van der Waals surface area contributed by atoms with Crippen LogP contribution in [0.4, 0.5) is 9.18 Å². The molecule has 0 radical (unpaired) electrons. The number of piperidine rings is 1. The molecule has 1 unspecified atom stereocenters. The molecule has 144 valence electrons. The first-order valence-electron chi connectivity index (χ1n) is 9.67. The van der Waals surface area contributed by atoms with E-state index in [1.54, 1.807) is 4.90 Å². The molecular formula is C20H30FN3O2. The zero-order chi connectivity index (χ0) is 18.4. The van der Waals surface area contributed by atoms with E-state index in [2.05, 4.69) is 17.6 Å². The number of alkyl halides is 1. The fourth-order valence-corrected chi connectivity index (χ4v) is 3.63. The molecule has 0 saturated carbocycles. The van der Waals surface area contributed by atoms with Crippen LogP contribution in [-0.2, 0) is 17.8 Å². The van der Waals surface area contributed by atoms with Crippen molar-refractivity contribution >= 4 is 6.09 Å². The van der Waals surface area contributed by atoms with E-state index < -0.39 is 5.67 Å². The molecule has 5 nitrogen and oxygen atoms in total. The number of aryl methyl sites for hydroxylation is 1. The van der Waals surface area contributed by atoms with Crippen LogP contribution in [0.5, 0.6) is 0 Å². The van der Waals surface area contributed by atoms with Gasteiger partial charge in [0.1, 0.15) is 12.3 Å². The number of benzene rings is 1. The predicted molar refractivity (Wildman–Crippen MR) is 99.9 cm³/mol. The van der Waals surface area contributed by atoms with Gasteiger partial charge in [0.15, 0.2) is 0 Å².